The summed E-state index contributed by atoms with van der Waals surface area (Å²) in [7, 11) is 0. The zero-order valence-electron chi connectivity index (χ0n) is 15.4. The molecule has 0 fully saturated rings. The number of carbonyl (C=O) groups is 1. The molecule has 4 nitrogen and oxygen atoms in total. The first-order valence-electron chi connectivity index (χ1n) is 8.91. The van der Waals surface area contributed by atoms with Gasteiger partial charge in [0.05, 0.1) is 6.61 Å². The maximum atomic E-state index is 13.5. The minimum atomic E-state index is -0.756. The van der Waals surface area contributed by atoms with Crippen LogP contribution in [0.5, 0.6) is 5.75 Å². The van der Waals surface area contributed by atoms with Gasteiger partial charge in [-0.15, -0.1) is 0 Å². The molecule has 0 spiro atoms. The van der Waals surface area contributed by atoms with Gasteiger partial charge in [0.1, 0.15) is 5.82 Å². The van der Waals surface area contributed by atoms with Gasteiger partial charge >= 0.3 is 0 Å². The van der Waals surface area contributed by atoms with Gasteiger partial charge in [-0.2, -0.15) is 0 Å². The quantitative estimate of drug-likeness (QED) is 0.576. The number of pyridine rings is 1. The Labute approximate surface area is 162 Å². The first-order valence-corrected chi connectivity index (χ1v) is 8.91. The topological polar surface area (TPSA) is 51.2 Å². The Kier molecular flexibility index (Phi) is 6.32. The summed E-state index contributed by atoms with van der Waals surface area (Å²) in [6.07, 6.45) is 4.07. The van der Waals surface area contributed by atoms with E-state index < -0.39 is 11.6 Å². The predicted molar refractivity (Wildman–Crippen MR) is 104 cm³/mol. The molecule has 144 valence electrons. The van der Waals surface area contributed by atoms with Crippen LogP contribution < -0.4 is 10.1 Å². The van der Waals surface area contributed by atoms with Crippen molar-refractivity contribution in [2.24, 2.45) is 0 Å². The molecule has 1 heterocycles. The predicted octanol–water partition coefficient (Wildman–Crippen LogP) is 5.13. The number of aryl methyl sites for hydroxylation is 1. The number of nitrogens with zero attached hydrogens (tertiary/aromatic N) is 1. The molecule has 3 aromatic rings. The van der Waals surface area contributed by atoms with Crippen molar-refractivity contribution in [3.05, 3.63) is 78.1 Å². The van der Waals surface area contributed by atoms with Gasteiger partial charge in [0.25, 0.3) is 0 Å². The Morgan fingerprint density at radius 3 is 2.57 bits per heavy atom. The number of ether oxygens (including phenoxy) is 1. The number of hydrogen-bond donors (Lipinski definition) is 1. The average Bonchev–Trinajstić information content (AvgIpc) is 2.69. The summed E-state index contributed by atoms with van der Waals surface area (Å²) in [6, 6.07) is 12.8. The molecule has 0 aliphatic heterocycles. The molecule has 28 heavy (non-hydrogen) atoms. The first-order chi connectivity index (χ1) is 13.5. The molecule has 1 amide bonds. The Bertz CT molecular complexity index is 962. The number of amides is 1. The number of nitrogens with one attached hydrogen (secondary N) is 1. The third-order valence-electron chi connectivity index (χ3n) is 4.22. The number of carbonyl (C=O) groups excluding carboxylic acids is 1. The fourth-order valence-electron chi connectivity index (χ4n) is 2.70. The smallest absolute Gasteiger partial charge is 0.224 e. The van der Waals surface area contributed by atoms with E-state index in [-0.39, 0.29) is 24.7 Å². The van der Waals surface area contributed by atoms with Crippen LogP contribution in [0.25, 0.3) is 11.1 Å². The molecule has 0 aliphatic carbocycles. The highest BCUT2D eigenvalue weighted by Gasteiger charge is 2.08. The summed E-state index contributed by atoms with van der Waals surface area (Å²) >= 11 is 0. The monoisotopic (exact) mass is 382 g/mol. The summed E-state index contributed by atoms with van der Waals surface area (Å²) in [5.74, 6) is -1.59. The average molecular weight is 382 g/mol. The molecule has 1 N–H and O–H groups in total. The highest BCUT2D eigenvalue weighted by molar-refractivity contribution is 5.92. The number of halogens is 2. The third-order valence-corrected chi connectivity index (χ3v) is 4.22. The molecule has 3 rings (SSSR count). The molecular weight excluding hydrogens is 362 g/mol. The van der Waals surface area contributed by atoms with E-state index in [1.807, 2.05) is 37.3 Å². The molecule has 0 atom stereocenters. The lowest BCUT2D eigenvalue weighted by Crippen LogP contribution is -2.13. The molecule has 2 aromatic carbocycles. The molecule has 0 bridgehead atoms. The minimum absolute atomic E-state index is 0.0253. The van der Waals surface area contributed by atoms with Crippen molar-refractivity contribution in [1.29, 1.82) is 0 Å². The van der Waals surface area contributed by atoms with Crippen molar-refractivity contribution in [3.8, 4) is 16.9 Å². The molecule has 0 unspecified atom stereocenters. The molecule has 6 heteroatoms. The third kappa shape index (κ3) is 5.13. The van der Waals surface area contributed by atoms with E-state index in [2.05, 4.69) is 10.3 Å². The molecule has 0 saturated carbocycles. The van der Waals surface area contributed by atoms with E-state index in [1.165, 1.54) is 6.07 Å². The zero-order valence-corrected chi connectivity index (χ0v) is 15.4. The Morgan fingerprint density at radius 2 is 1.82 bits per heavy atom. The largest absolute Gasteiger partial charge is 0.491 e. The van der Waals surface area contributed by atoms with E-state index in [0.717, 1.165) is 34.5 Å². The summed E-state index contributed by atoms with van der Waals surface area (Å²) in [5.41, 5.74) is 3.69. The van der Waals surface area contributed by atoms with Crippen molar-refractivity contribution < 1.29 is 18.3 Å². The van der Waals surface area contributed by atoms with Crippen LogP contribution in [0.2, 0.25) is 0 Å². The van der Waals surface area contributed by atoms with Crippen LogP contribution in [0.15, 0.2) is 60.9 Å². The van der Waals surface area contributed by atoms with Gasteiger partial charge in [-0.05, 0) is 60.4 Å². The second-order valence-electron chi connectivity index (χ2n) is 6.34. The van der Waals surface area contributed by atoms with Crippen molar-refractivity contribution in [2.75, 3.05) is 11.9 Å². The van der Waals surface area contributed by atoms with Gasteiger partial charge in [0.2, 0.25) is 5.91 Å². The zero-order chi connectivity index (χ0) is 19.9. The number of hydrogen-bond acceptors (Lipinski definition) is 3. The first kappa shape index (κ1) is 19.5. The molecular formula is C22H20F2N2O2. The highest BCUT2D eigenvalue weighted by Crippen LogP contribution is 2.25. The summed E-state index contributed by atoms with van der Waals surface area (Å²) < 4.78 is 31.6. The van der Waals surface area contributed by atoms with E-state index in [4.69, 9.17) is 4.74 Å². The Morgan fingerprint density at radius 1 is 1.04 bits per heavy atom. The van der Waals surface area contributed by atoms with Crippen molar-refractivity contribution in [2.45, 2.75) is 19.8 Å². The maximum Gasteiger partial charge on any atom is 0.224 e. The van der Waals surface area contributed by atoms with Crippen LogP contribution in [0.4, 0.5) is 14.5 Å². The number of rotatable bonds is 7. The lowest BCUT2D eigenvalue weighted by molar-refractivity contribution is -0.116. The lowest BCUT2D eigenvalue weighted by Gasteiger charge is -2.11. The van der Waals surface area contributed by atoms with Crippen LogP contribution in [0, 0.1) is 18.6 Å². The number of benzene rings is 2. The maximum absolute atomic E-state index is 13.5. The van der Waals surface area contributed by atoms with E-state index in [0.29, 0.717) is 6.42 Å². The highest BCUT2D eigenvalue weighted by atomic mass is 19.1. The normalized spacial score (nSPS) is 10.5. The lowest BCUT2D eigenvalue weighted by atomic mass is 10.0. The van der Waals surface area contributed by atoms with Gasteiger partial charge < -0.3 is 10.1 Å². The molecule has 0 aliphatic rings. The van der Waals surface area contributed by atoms with Crippen LogP contribution >= 0.6 is 0 Å². The van der Waals surface area contributed by atoms with E-state index >= 15 is 0 Å². The molecule has 1 aromatic heterocycles. The SMILES string of the molecule is Cc1ccc(-c2ccncc2)cc1NC(=O)CCCOc1ccc(F)cc1F. The number of anilines is 1. The van der Waals surface area contributed by atoms with Crippen LogP contribution in [-0.2, 0) is 4.79 Å². The van der Waals surface area contributed by atoms with Crippen LogP contribution in [0.3, 0.4) is 0 Å². The van der Waals surface area contributed by atoms with E-state index in [1.54, 1.807) is 12.4 Å². The second kappa shape index (κ2) is 9.08. The van der Waals surface area contributed by atoms with Crippen LogP contribution in [0.1, 0.15) is 18.4 Å². The van der Waals surface area contributed by atoms with Gasteiger partial charge in [-0.3, -0.25) is 9.78 Å². The second-order valence-corrected chi connectivity index (χ2v) is 6.34. The Balaban J connectivity index is 1.53. The summed E-state index contributed by atoms with van der Waals surface area (Å²) in [4.78, 5) is 16.2. The van der Waals surface area contributed by atoms with E-state index in [9.17, 15) is 13.6 Å². The molecule has 0 saturated heterocycles. The van der Waals surface area contributed by atoms with Crippen LogP contribution in [-0.4, -0.2) is 17.5 Å². The number of aromatic nitrogens is 1. The van der Waals surface area contributed by atoms with Gasteiger partial charge in [-0.25, -0.2) is 8.78 Å². The fraction of sp³-hybridized carbons (Fsp3) is 0.182. The van der Waals surface area contributed by atoms with Gasteiger partial charge in [-0.1, -0.05) is 12.1 Å². The summed E-state index contributed by atoms with van der Waals surface area (Å²) in [5, 5.41) is 2.90. The standard InChI is InChI=1S/C22H20F2N2O2/c1-15-4-5-17(16-8-10-25-11-9-16)13-20(15)26-22(27)3-2-12-28-21-7-6-18(23)14-19(21)24/h4-11,13-14H,2-3,12H2,1H3,(H,26,27). The summed E-state index contributed by atoms with van der Waals surface area (Å²) in [6.45, 7) is 2.08. The fourth-order valence-corrected chi connectivity index (χ4v) is 2.70. The Hall–Kier alpha value is -3.28. The van der Waals surface area contributed by atoms with Crippen molar-refractivity contribution in [3.63, 3.8) is 0 Å². The van der Waals surface area contributed by atoms with Crippen molar-refractivity contribution >= 4 is 11.6 Å². The molecule has 0 radical (unpaired) electrons. The van der Waals surface area contributed by atoms with Gasteiger partial charge in [0, 0.05) is 30.6 Å². The van der Waals surface area contributed by atoms with Gasteiger partial charge in [0.15, 0.2) is 11.6 Å². The minimum Gasteiger partial charge on any atom is -0.491 e. The van der Waals surface area contributed by atoms with Crippen molar-refractivity contribution in [1.82, 2.24) is 4.98 Å².